The molecule has 0 aliphatic carbocycles. The van der Waals surface area contributed by atoms with Gasteiger partial charge in [0.05, 0.1) is 5.41 Å². The van der Waals surface area contributed by atoms with Crippen LogP contribution in [0.1, 0.15) is 25.8 Å². The maximum absolute atomic E-state index is 13.8. The normalized spacial score (nSPS) is 12.0. The monoisotopic (exact) mass is 285 g/mol. The minimum atomic E-state index is -3.63. The molecule has 1 aromatic rings. The summed E-state index contributed by atoms with van der Waals surface area (Å²) in [5.74, 6) is -6.10. The van der Waals surface area contributed by atoms with Gasteiger partial charge in [0, 0.05) is 12.1 Å². The van der Waals surface area contributed by atoms with Crippen LogP contribution in [0.4, 0.5) is 8.78 Å². The van der Waals surface area contributed by atoms with E-state index in [9.17, 15) is 18.4 Å². The van der Waals surface area contributed by atoms with Crippen LogP contribution in [0, 0.1) is 5.41 Å². The van der Waals surface area contributed by atoms with E-state index in [2.05, 4.69) is 5.32 Å². The fraction of sp³-hybridized carbons (Fsp3) is 0.429. The van der Waals surface area contributed by atoms with Crippen molar-refractivity contribution >= 4 is 11.9 Å². The van der Waals surface area contributed by atoms with E-state index in [1.54, 1.807) is 6.07 Å². The molecule has 1 amide bonds. The molecule has 6 heteroatoms. The van der Waals surface area contributed by atoms with Crippen LogP contribution in [0.15, 0.2) is 30.3 Å². The van der Waals surface area contributed by atoms with E-state index >= 15 is 0 Å². The van der Waals surface area contributed by atoms with Gasteiger partial charge >= 0.3 is 11.9 Å². The molecule has 0 saturated heterocycles. The summed E-state index contributed by atoms with van der Waals surface area (Å²) >= 11 is 0. The topological polar surface area (TPSA) is 66.4 Å². The van der Waals surface area contributed by atoms with Gasteiger partial charge in [0.2, 0.25) is 0 Å². The number of carboxylic acids is 1. The number of alkyl halides is 2. The summed E-state index contributed by atoms with van der Waals surface area (Å²) in [7, 11) is 0. The molecule has 0 unspecified atom stereocenters. The smallest absolute Gasteiger partial charge is 0.349 e. The molecule has 20 heavy (non-hydrogen) atoms. The summed E-state index contributed by atoms with van der Waals surface area (Å²) in [6.45, 7) is 2.81. The Morgan fingerprint density at radius 3 is 2.25 bits per heavy atom. The zero-order chi connectivity index (χ0) is 15.4. The minimum absolute atomic E-state index is 0.0684. The number of hydrogen-bond donors (Lipinski definition) is 2. The quantitative estimate of drug-likeness (QED) is 0.843. The first-order valence-electron chi connectivity index (χ1n) is 6.13. The number of amides is 1. The van der Waals surface area contributed by atoms with Crippen molar-refractivity contribution in [3.05, 3.63) is 35.9 Å². The predicted octanol–water partition coefficient (Wildman–Crippen LogP) is 2.40. The van der Waals surface area contributed by atoms with Gasteiger partial charge in [0.1, 0.15) is 0 Å². The molecule has 0 fully saturated rings. The Morgan fingerprint density at radius 1 is 1.20 bits per heavy atom. The molecular formula is C14H17F2NO3. The van der Waals surface area contributed by atoms with E-state index in [4.69, 9.17) is 5.11 Å². The van der Waals surface area contributed by atoms with Crippen LogP contribution in [-0.4, -0.2) is 23.5 Å². The van der Waals surface area contributed by atoms with Crippen molar-refractivity contribution in [2.45, 2.75) is 26.2 Å². The number of benzene rings is 1. The van der Waals surface area contributed by atoms with E-state index in [-0.39, 0.29) is 13.0 Å². The minimum Gasteiger partial charge on any atom is -0.481 e. The predicted molar refractivity (Wildman–Crippen MR) is 69.4 cm³/mol. The molecule has 0 atom stereocenters. The Hall–Kier alpha value is -1.98. The number of hydrogen-bond acceptors (Lipinski definition) is 2. The fourth-order valence-electron chi connectivity index (χ4n) is 1.49. The van der Waals surface area contributed by atoms with Gasteiger partial charge in [-0.05, 0) is 20.3 Å². The third-order valence-corrected chi connectivity index (χ3v) is 3.04. The number of carbonyl (C=O) groups is 2. The van der Waals surface area contributed by atoms with Crippen LogP contribution in [0.5, 0.6) is 0 Å². The Labute approximate surface area is 115 Å². The van der Waals surface area contributed by atoms with Crippen LogP contribution in [0.25, 0.3) is 0 Å². The summed E-state index contributed by atoms with van der Waals surface area (Å²) in [5.41, 5.74) is -1.47. The van der Waals surface area contributed by atoms with Gasteiger partial charge in [-0.3, -0.25) is 9.59 Å². The van der Waals surface area contributed by atoms with Gasteiger partial charge in [0.25, 0.3) is 5.91 Å². The summed E-state index contributed by atoms with van der Waals surface area (Å²) < 4.78 is 27.6. The van der Waals surface area contributed by atoms with E-state index in [0.29, 0.717) is 0 Å². The lowest BCUT2D eigenvalue weighted by Gasteiger charge is -2.21. The molecule has 110 valence electrons. The van der Waals surface area contributed by atoms with E-state index < -0.39 is 28.8 Å². The SMILES string of the molecule is CC(C)(CCNC(=O)C(F)(F)c1ccccc1)C(=O)O. The molecule has 0 aliphatic heterocycles. The van der Waals surface area contributed by atoms with Gasteiger partial charge in [-0.1, -0.05) is 30.3 Å². The Morgan fingerprint density at radius 2 is 1.75 bits per heavy atom. The van der Waals surface area contributed by atoms with Gasteiger partial charge < -0.3 is 10.4 Å². The van der Waals surface area contributed by atoms with Crippen molar-refractivity contribution in [1.29, 1.82) is 0 Å². The average Bonchev–Trinajstić information content (AvgIpc) is 2.39. The summed E-state index contributed by atoms with van der Waals surface area (Å²) in [5, 5.41) is 11.0. The Kier molecular flexibility index (Phi) is 4.81. The van der Waals surface area contributed by atoms with Crippen molar-refractivity contribution in [3.63, 3.8) is 0 Å². The van der Waals surface area contributed by atoms with Crippen LogP contribution >= 0.6 is 0 Å². The first-order valence-corrected chi connectivity index (χ1v) is 6.13. The molecule has 2 N–H and O–H groups in total. The molecule has 1 rings (SSSR count). The van der Waals surface area contributed by atoms with Crippen molar-refractivity contribution in [3.8, 4) is 0 Å². The maximum Gasteiger partial charge on any atom is 0.349 e. The number of rotatable bonds is 6. The van der Waals surface area contributed by atoms with Crippen molar-refractivity contribution in [2.75, 3.05) is 6.54 Å². The number of halogens is 2. The van der Waals surface area contributed by atoms with Gasteiger partial charge in [-0.2, -0.15) is 8.78 Å². The molecule has 1 aromatic carbocycles. The lowest BCUT2D eigenvalue weighted by molar-refractivity contribution is -0.149. The van der Waals surface area contributed by atoms with E-state index in [1.165, 1.54) is 38.1 Å². The van der Waals surface area contributed by atoms with Crippen LogP contribution in [0.2, 0.25) is 0 Å². The standard InChI is InChI=1S/C14H17F2NO3/c1-13(2,12(19)20)8-9-17-11(18)14(15,16)10-6-4-3-5-7-10/h3-7H,8-9H2,1-2H3,(H,17,18)(H,19,20). The third kappa shape index (κ3) is 3.76. The first-order chi connectivity index (χ1) is 9.18. The molecular weight excluding hydrogens is 268 g/mol. The zero-order valence-electron chi connectivity index (χ0n) is 11.3. The number of nitrogens with one attached hydrogen (secondary N) is 1. The highest BCUT2D eigenvalue weighted by atomic mass is 19.3. The summed E-state index contributed by atoms with van der Waals surface area (Å²) in [4.78, 5) is 22.4. The molecule has 0 bridgehead atoms. The zero-order valence-corrected chi connectivity index (χ0v) is 11.3. The highest BCUT2D eigenvalue weighted by Crippen LogP contribution is 2.28. The van der Waals surface area contributed by atoms with Crippen LogP contribution in [0.3, 0.4) is 0 Å². The summed E-state index contributed by atoms with van der Waals surface area (Å²) in [6.07, 6.45) is 0.0684. The molecule has 0 aliphatic rings. The molecule has 4 nitrogen and oxygen atoms in total. The molecule has 0 radical (unpaired) electrons. The Balaban J connectivity index is 2.61. The molecule has 0 aromatic heterocycles. The Bertz CT molecular complexity index is 486. The number of carboxylic acid groups (broad SMARTS) is 1. The molecule has 0 saturated carbocycles. The second-order valence-electron chi connectivity index (χ2n) is 5.14. The van der Waals surface area contributed by atoms with E-state index in [0.717, 1.165) is 0 Å². The lowest BCUT2D eigenvalue weighted by Crippen LogP contribution is -2.40. The first kappa shape index (κ1) is 16.1. The lowest BCUT2D eigenvalue weighted by atomic mass is 9.89. The molecule has 0 spiro atoms. The second kappa shape index (κ2) is 5.98. The van der Waals surface area contributed by atoms with Gasteiger partial charge in [-0.25, -0.2) is 0 Å². The highest BCUT2D eigenvalue weighted by Gasteiger charge is 2.40. The van der Waals surface area contributed by atoms with E-state index in [1.807, 2.05) is 0 Å². The third-order valence-electron chi connectivity index (χ3n) is 3.04. The average molecular weight is 285 g/mol. The van der Waals surface area contributed by atoms with Crippen molar-refractivity contribution in [1.82, 2.24) is 5.32 Å². The number of aliphatic carboxylic acids is 1. The second-order valence-corrected chi connectivity index (χ2v) is 5.14. The maximum atomic E-state index is 13.8. The fourth-order valence-corrected chi connectivity index (χ4v) is 1.49. The molecule has 0 heterocycles. The van der Waals surface area contributed by atoms with Gasteiger partial charge in [-0.15, -0.1) is 0 Å². The van der Waals surface area contributed by atoms with Crippen LogP contribution in [-0.2, 0) is 15.5 Å². The van der Waals surface area contributed by atoms with Crippen molar-refractivity contribution in [2.24, 2.45) is 5.41 Å². The summed E-state index contributed by atoms with van der Waals surface area (Å²) in [6, 6.07) is 6.75. The van der Waals surface area contributed by atoms with Crippen molar-refractivity contribution < 1.29 is 23.5 Å². The highest BCUT2D eigenvalue weighted by molar-refractivity contribution is 5.84. The number of carbonyl (C=O) groups excluding carboxylic acids is 1. The largest absolute Gasteiger partial charge is 0.481 e. The van der Waals surface area contributed by atoms with Crippen LogP contribution < -0.4 is 5.32 Å². The van der Waals surface area contributed by atoms with Gasteiger partial charge in [0.15, 0.2) is 0 Å².